The monoisotopic (exact) mass is 405 g/mol. The number of primary amides is 1. The van der Waals surface area contributed by atoms with E-state index in [1.807, 2.05) is 5.32 Å². The molecule has 4 amide bonds. The Labute approximate surface area is 158 Å². The van der Waals surface area contributed by atoms with E-state index >= 15 is 0 Å². The molecule has 3 unspecified atom stereocenters. The van der Waals surface area contributed by atoms with Gasteiger partial charge in [-0.25, -0.2) is 4.79 Å². The van der Waals surface area contributed by atoms with Gasteiger partial charge in [0.2, 0.25) is 23.6 Å². The summed E-state index contributed by atoms with van der Waals surface area (Å²) in [6, 6.07) is -4.78. The minimum absolute atomic E-state index is 0.247. The van der Waals surface area contributed by atoms with E-state index in [1.54, 1.807) is 0 Å². The number of aliphatic hydroxyl groups excluding tert-OH is 1. The van der Waals surface area contributed by atoms with Gasteiger partial charge in [-0.15, -0.1) is 0 Å². The zero-order valence-electron chi connectivity index (χ0n) is 14.7. The molecule has 0 bridgehead atoms. The summed E-state index contributed by atoms with van der Waals surface area (Å²) in [5.41, 5.74) is 10.1. The van der Waals surface area contributed by atoms with Crippen LogP contribution in [0, 0.1) is 0 Å². The third-order valence-corrected chi connectivity index (χ3v) is 3.33. The topological polar surface area (TPSA) is 251 Å². The number of hydrogen-bond donors (Lipinski definition) is 8. The number of rotatable bonds is 13. The van der Waals surface area contributed by atoms with E-state index in [-0.39, 0.29) is 12.8 Å². The van der Waals surface area contributed by atoms with Crippen LogP contribution in [0.4, 0.5) is 0 Å². The molecule has 0 heterocycles. The highest BCUT2D eigenvalue weighted by Gasteiger charge is 2.30. The summed E-state index contributed by atoms with van der Waals surface area (Å²) in [5, 5.41) is 32.8. The van der Waals surface area contributed by atoms with E-state index in [9.17, 15) is 28.8 Å². The quantitative estimate of drug-likeness (QED) is 0.145. The molecule has 0 aromatic heterocycles. The number of hydrogen-bond acceptors (Lipinski definition) is 8. The van der Waals surface area contributed by atoms with E-state index < -0.39 is 73.3 Å². The SMILES string of the molecule is NCC(=O)NC(CCC(N)=O)C(=O)NC(CC(=O)O)C(=O)NC(CO)C(=O)O. The molecule has 0 spiro atoms. The van der Waals surface area contributed by atoms with Gasteiger partial charge in [-0.2, -0.15) is 0 Å². The lowest BCUT2D eigenvalue weighted by Gasteiger charge is -2.23. The van der Waals surface area contributed by atoms with Gasteiger partial charge in [0.15, 0.2) is 0 Å². The first-order chi connectivity index (χ1) is 13.0. The first-order valence-corrected chi connectivity index (χ1v) is 7.95. The number of aliphatic hydroxyl groups is 1. The number of amides is 4. The lowest BCUT2D eigenvalue weighted by Crippen LogP contribution is -2.57. The summed E-state index contributed by atoms with van der Waals surface area (Å²) in [6.45, 7) is -1.45. The maximum Gasteiger partial charge on any atom is 0.328 e. The van der Waals surface area contributed by atoms with Gasteiger partial charge in [-0.3, -0.25) is 24.0 Å². The highest BCUT2D eigenvalue weighted by Crippen LogP contribution is 2.01. The molecular formula is C14H23N5O9. The highest BCUT2D eigenvalue weighted by molar-refractivity contribution is 5.95. The Hall–Kier alpha value is -3.26. The van der Waals surface area contributed by atoms with Gasteiger partial charge in [0.1, 0.15) is 18.1 Å². The molecule has 0 saturated carbocycles. The molecule has 0 radical (unpaired) electrons. The summed E-state index contributed by atoms with van der Waals surface area (Å²) in [4.78, 5) is 68.6. The van der Waals surface area contributed by atoms with Crippen molar-refractivity contribution in [3.8, 4) is 0 Å². The molecule has 28 heavy (non-hydrogen) atoms. The first-order valence-electron chi connectivity index (χ1n) is 7.95. The molecule has 3 atom stereocenters. The van der Waals surface area contributed by atoms with Gasteiger partial charge in [0, 0.05) is 6.42 Å². The third kappa shape index (κ3) is 9.44. The summed E-state index contributed by atoms with van der Waals surface area (Å²) in [6.07, 6.45) is -1.46. The molecule has 158 valence electrons. The number of carboxylic acids is 2. The second kappa shape index (κ2) is 12.2. The van der Waals surface area contributed by atoms with Crippen molar-refractivity contribution >= 4 is 35.6 Å². The number of nitrogens with two attached hydrogens (primary N) is 2. The molecule has 10 N–H and O–H groups in total. The van der Waals surface area contributed by atoms with Gasteiger partial charge >= 0.3 is 11.9 Å². The van der Waals surface area contributed by atoms with Gasteiger partial charge < -0.3 is 42.7 Å². The molecule has 0 fully saturated rings. The van der Waals surface area contributed by atoms with E-state index in [2.05, 4.69) is 10.6 Å². The minimum Gasteiger partial charge on any atom is -0.481 e. The van der Waals surface area contributed by atoms with Crippen LogP contribution in [0.2, 0.25) is 0 Å². The van der Waals surface area contributed by atoms with Gasteiger partial charge in [-0.05, 0) is 6.42 Å². The Morgan fingerprint density at radius 3 is 1.82 bits per heavy atom. The second-order valence-electron chi connectivity index (χ2n) is 5.57. The van der Waals surface area contributed by atoms with Crippen molar-refractivity contribution < 1.29 is 44.1 Å². The van der Waals surface area contributed by atoms with Crippen molar-refractivity contribution in [2.75, 3.05) is 13.2 Å². The Morgan fingerprint density at radius 1 is 0.857 bits per heavy atom. The molecule has 0 aromatic carbocycles. The molecular weight excluding hydrogens is 382 g/mol. The largest absolute Gasteiger partial charge is 0.481 e. The van der Waals surface area contributed by atoms with Crippen LogP contribution in [-0.2, 0) is 28.8 Å². The van der Waals surface area contributed by atoms with Crippen LogP contribution in [0.15, 0.2) is 0 Å². The Bertz CT molecular complexity index is 624. The zero-order valence-corrected chi connectivity index (χ0v) is 14.7. The summed E-state index contributed by atoms with van der Waals surface area (Å²) in [5.74, 6) is -6.79. The zero-order chi connectivity index (χ0) is 21.9. The van der Waals surface area contributed by atoms with Crippen molar-refractivity contribution in [3.63, 3.8) is 0 Å². The highest BCUT2D eigenvalue weighted by atomic mass is 16.4. The van der Waals surface area contributed by atoms with Crippen molar-refractivity contribution in [2.24, 2.45) is 11.5 Å². The van der Waals surface area contributed by atoms with Crippen molar-refractivity contribution in [3.05, 3.63) is 0 Å². The molecule has 0 rings (SSSR count). The average Bonchev–Trinajstić information content (AvgIpc) is 2.60. The van der Waals surface area contributed by atoms with Crippen LogP contribution in [0.5, 0.6) is 0 Å². The van der Waals surface area contributed by atoms with Crippen LogP contribution in [0.3, 0.4) is 0 Å². The fourth-order valence-corrected chi connectivity index (χ4v) is 1.92. The van der Waals surface area contributed by atoms with E-state index in [0.29, 0.717) is 0 Å². The van der Waals surface area contributed by atoms with E-state index in [1.165, 1.54) is 0 Å². The van der Waals surface area contributed by atoms with Crippen LogP contribution in [0.1, 0.15) is 19.3 Å². The van der Waals surface area contributed by atoms with E-state index in [4.69, 9.17) is 26.8 Å². The summed E-state index contributed by atoms with van der Waals surface area (Å²) >= 11 is 0. The standard InChI is InChI=1S/C14H23N5O9/c15-4-10(22)17-6(1-2-9(16)21)12(25)18-7(3-11(23)24)13(26)19-8(5-20)14(27)28/h6-8,20H,1-5,15H2,(H2,16,21)(H,17,22)(H,18,25)(H,19,26)(H,23,24)(H,27,28). The first kappa shape index (κ1) is 24.7. The summed E-state index contributed by atoms with van der Waals surface area (Å²) in [7, 11) is 0. The number of aliphatic carboxylic acids is 2. The van der Waals surface area contributed by atoms with Gasteiger partial charge in [0.05, 0.1) is 19.6 Å². The molecule has 0 aliphatic carbocycles. The van der Waals surface area contributed by atoms with E-state index in [0.717, 1.165) is 0 Å². The number of carbonyl (C=O) groups is 6. The third-order valence-electron chi connectivity index (χ3n) is 3.33. The molecule has 0 aliphatic heterocycles. The van der Waals surface area contributed by atoms with Crippen molar-refractivity contribution in [1.29, 1.82) is 0 Å². The number of carboxylic acid groups (broad SMARTS) is 2. The molecule has 0 aliphatic rings. The predicted molar refractivity (Wildman–Crippen MR) is 90.2 cm³/mol. The summed E-state index contributed by atoms with van der Waals surface area (Å²) < 4.78 is 0. The smallest absolute Gasteiger partial charge is 0.328 e. The van der Waals surface area contributed by atoms with Crippen LogP contribution < -0.4 is 27.4 Å². The maximum atomic E-state index is 12.3. The normalized spacial score (nSPS) is 13.5. The maximum absolute atomic E-state index is 12.3. The van der Waals surface area contributed by atoms with Crippen LogP contribution >= 0.6 is 0 Å². The number of nitrogens with one attached hydrogen (secondary N) is 3. The Kier molecular flexibility index (Phi) is 10.8. The molecule has 14 heteroatoms. The molecule has 14 nitrogen and oxygen atoms in total. The minimum atomic E-state index is -1.72. The average molecular weight is 405 g/mol. The van der Waals surface area contributed by atoms with Crippen molar-refractivity contribution in [1.82, 2.24) is 16.0 Å². The van der Waals surface area contributed by atoms with Crippen molar-refractivity contribution in [2.45, 2.75) is 37.4 Å². The Morgan fingerprint density at radius 2 is 1.39 bits per heavy atom. The molecule has 0 saturated heterocycles. The predicted octanol–water partition coefficient (Wildman–Crippen LogP) is -4.78. The lowest BCUT2D eigenvalue weighted by atomic mass is 10.1. The van der Waals surface area contributed by atoms with Crippen LogP contribution in [-0.4, -0.2) is 82.2 Å². The van der Waals surface area contributed by atoms with Gasteiger partial charge in [-0.1, -0.05) is 0 Å². The van der Waals surface area contributed by atoms with Gasteiger partial charge in [0.25, 0.3) is 0 Å². The fraction of sp³-hybridized carbons (Fsp3) is 0.571. The Balaban J connectivity index is 5.32. The fourth-order valence-electron chi connectivity index (χ4n) is 1.92. The molecule has 0 aromatic rings. The second-order valence-corrected chi connectivity index (χ2v) is 5.57. The lowest BCUT2D eigenvalue weighted by molar-refractivity contribution is -0.144. The van der Waals surface area contributed by atoms with Crippen LogP contribution in [0.25, 0.3) is 0 Å². The number of carbonyl (C=O) groups excluding carboxylic acids is 4.